The van der Waals surface area contributed by atoms with Crippen LogP contribution in [0, 0.1) is 23.8 Å². The summed E-state index contributed by atoms with van der Waals surface area (Å²) in [6, 6.07) is 13.5. The molecule has 0 spiro atoms. The van der Waals surface area contributed by atoms with Crippen molar-refractivity contribution in [1.82, 2.24) is 4.90 Å². The lowest BCUT2D eigenvalue weighted by Gasteiger charge is -2.31. The fourth-order valence-electron chi connectivity index (χ4n) is 3.80. The maximum absolute atomic E-state index is 14.8. The van der Waals surface area contributed by atoms with Crippen molar-refractivity contribution in [2.75, 3.05) is 24.4 Å². The molecule has 3 aromatic carbocycles. The van der Waals surface area contributed by atoms with Crippen molar-refractivity contribution in [1.29, 1.82) is 0 Å². The second-order valence-electron chi connectivity index (χ2n) is 9.95. The molecule has 0 aliphatic carbocycles. The van der Waals surface area contributed by atoms with Gasteiger partial charge in [-0.1, -0.05) is 23.7 Å². The highest BCUT2D eigenvalue weighted by molar-refractivity contribution is 7.92. The predicted octanol–water partition coefficient (Wildman–Crippen LogP) is 5.25. The molecule has 210 valence electrons. The first kappa shape index (κ1) is 29.1. The lowest BCUT2D eigenvalue weighted by atomic mass is 10.1. The van der Waals surface area contributed by atoms with E-state index >= 15 is 0 Å². The molecule has 1 amide bonds. The van der Waals surface area contributed by atoms with Crippen LogP contribution < -0.4 is 9.46 Å². The maximum Gasteiger partial charge on any atom is 0.344 e. The van der Waals surface area contributed by atoms with Gasteiger partial charge in [-0.05, 0) is 69.2 Å². The summed E-state index contributed by atoms with van der Waals surface area (Å²) in [5, 5.41) is -0.272. The summed E-state index contributed by atoms with van der Waals surface area (Å²) < 4.78 is 69.3. The second kappa shape index (κ2) is 11.3. The van der Waals surface area contributed by atoms with Gasteiger partial charge in [0, 0.05) is 30.3 Å². The number of hydrogen-bond acceptors (Lipinski definition) is 6. The number of likely N-dealkylation sites (tertiary alicyclic amines) is 1. The summed E-state index contributed by atoms with van der Waals surface area (Å²) in [7, 11) is -4.71. The highest BCUT2D eigenvalue weighted by atomic mass is 35.5. The lowest BCUT2D eigenvalue weighted by molar-refractivity contribution is -0.157. The third-order valence-electron chi connectivity index (χ3n) is 5.71. The van der Waals surface area contributed by atoms with E-state index in [1.165, 1.54) is 29.2 Å². The number of sulfonamides is 1. The van der Waals surface area contributed by atoms with E-state index in [0.717, 1.165) is 18.6 Å². The number of anilines is 1. The Balaban J connectivity index is 1.74. The van der Waals surface area contributed by atoms with Crippen LogP contribution in [-0.4, -0.2) is 50.5 Å². The topological polar surface area (TPSA) is 102 Å². The maximum atomic E-state index is 14.8. The summed E-state index contributed by atoms with van der Waals surface area (Å²) in [6.07, 6.45) is 0.798. The molecule has 3 aromatic rings. The highest BCUT2D eigenvalue weighted by Crippen LogP contribution is 2.37. The van der Waals surface area contributed by atoms with Crippen molar-refractivity contribution in [3.63, 3.8) is 0 Å². The third-order valence-corrected chi connectivity index (χ3v) is 7.36. The highest BCUT2D eigenvalue weighted by Gasteiger charge is 2.30. The molecule has 1 aliphatic rings. The number of nitrogens with zero attached hydrogens (tertiary/aromatic N) is 1. The van der Waals surface area contributed by atoms with Gasteiger partial charge in [0.2, 0.25) is 0 Å². The average molecular weight is 591 g/mol. The molecule has 40 heavy (non-hydrogen) atoms. The quantitative estimate of drug-likeness (QED) is 0.360. The minimum atomic E-state index is -4.71. The van der Waals surface area contributed by atoms with Crippen LogP contribution in [0.3, 0.4) is 0 Å². The van der Waals surface area contributed by atoms with Crippen molar-refractivity contribution in [3.8, 4) is 16.9 Å². The van der Waals surface area contributed by atoms with E-state index < -0.39 is 62.1 Å². The number of benzene rings is 2. The molecule has 12 heteroatoms. The molecule has 1 heterocycles. The molecule has 4 rings (SSSR count). The number of amides is 1. The number of esters is 1. The molecule has 0 bridgehead atoms. The molecule has 8 nitrogen and oxygen atoms in total. The molecular formula is C28H25ClF2N2O6S. The van der Waals surface area contributed by atoms with Crippen LogP contribution in [0.25, 0.3) is 11.1 Å². The van der Waals surface area contributed by atoms with Gasteiger partial charge in [0.1, 0.15) is 22.1 Å². The predicted molar refractivity (Wildman–Crippen MR) is 144 cm³/mol. The molecular weight excluding hydrogens is 566 g/mol. The van der Waals surface area contributed by atoms with Gasteiger partial charge in [-0.3, -0.25) is 9.52 Å². The first-order valence-corrected chi connectivity index (χ1v) is 14.0. The molecule has 0 aromatic heterocycles. The Labute approximate surface area is 235 Å². The Morgan fingerprint density at radius 1 is 1.10 bits per heavy atom. The molecule has 1 saturated heterocycles. The smallest absolute Gasteiger partial charge is 0.344 e. The van der Waals surface area contributed by atoms with E-state index in [-0.39, 0.29) is 16.1 Å². The van der Waals surface area contributed by atoms with Gasteiger partial charge in [-0.15, -0.1) is 0 Å². The molecule has 0 radical (unpaired) electrons. The van der Waals surface area contributed by atoms with Gasteiger partial charge in [0.25, 0.3) is 15.9 Å². The van der Waals surface area contributed by atoms with Crippen LogP contribution in [0.15, 0.2) is 47.4 Å². The summed E-state index contributed by atoms with van der Waals surface area (Å²) >= 11 is 6.36. The Morgan fingerprint density at radius 2 is 1.82 bits per heavy atom. The first-order valence-electron chi connectivity index (χ1n) is 12.1. The Hall–Kier alpha value is -3.88. The number of nitrogens with one attached hydrogen (secondary N) is 1. The monoisotopic (exact) mass is 590 g/mol. The summed E-state index contributed by atoms with van der Waals surface area (Å²) in [5.74, 6) is -3.82. The molecule has 1 fully saturated rings. The Bertz CT molecular complexity index is 1560. The molecule has 1 aliphatic heterocycles. The van der Waals surface area contributed by atoms with Crippen LogP contribution in [-0.2, 0) is 19.6 Å². The SMILES string of the molecule is CC(C)(C)OC(=O)COc1c(Cl)cc(C(=O)N2CCC2)cc1S(=O)(=O)Nc1cc(-c2cc#ccc2)c(F)cc1F. The molecule has 0 unspecified atom stereocenters. The number of rotatable bonds is 8. The standard InChI is InChI=1S/C28H25ClF2N2O6S/c1-28(2,3)39-25(34)16-38-26-20(29)12-18(27(35)33-10-7-11-33)13-24(26)40(36,37)32-23-14-19(21(30)15-22(23)31)17-8-5-4-6-9-17/h5,8-9,12-15,32H,7,10-11,16H2,1-3H3. The number of ether oxygens (including phenoxy) is 2. The average Bonchev–Trinajstić information content (AvgIpc) is 2.82. The van der Waals surface area contributed by atoms with Gasteiger partial charge in [0.15, 0.2) is 12.4 Å². The number of carbonyl (C=O) groups is 2. The number of halogens is 3. The van der Waals surface area contributed by atoms with Gasteiger partial charge < -0.3 is 14.4 Å². The number of hydrogen-bond donors (Lipinski definition) is 1. The fourth-order valence-corrected chi connectivity index (χ4v) is 5.38. The zero-order valence-electron chi connectivity index (χ0n) is 21.8. The molecule has 0 atom stereocenters. The molecule has 0 saturated carbocycles. The lowest BCUT2D eigenvalue weighted by Crippen LogP contribution is -2.42. The fraction of sp³-hybridized carbons (Fsp3) is 0.286. The Morgan fingerprint density at radius 3 is 2.42 bits per heavy atom. The van der Waals surface area contributed by atoms with Crippen molar-refractivity contribution < 1.29 is 36.3 Å². The van der Waals surface area contributed by atoms with E-state index in [0.29, 0.717) is 24.7 Å². The minimum absolute atomic E-state index is 0.0500. The van der Waals surface area contributed by atoms with Crippen LogP contribution in [0.1, 0.15) is 37.6 Å². The van der Waals surface area contributed by atoms with Crippen LogP contribution >= 0.6 is 11.6 Å². The van der Waals surface area contributed by atoms with Crippen LogP contribution in [0.4, 0.5) is 14.5 Å². The molecule has 1 N–H and O–H groups in total. The van der Waals surface area contributed by atoms with Gasteiger partial charge in [0.05, 0.1) is 10.7 Å². The van der Waals surface area contributed by atoms with E-state index in [2.05, 4.69) is 16.9 Å². The van der Waals surface area contributed by atoms with E-state index in [1.54, 1.807) is 20.8 Å². The summed E-state index contributed by atoms with van der Waals surface area (Å²) in [6.45, 7) is 5.22. The van der Waals surface area contributed by atoms with Crippen LogP contribution in [0.5, 0.6) is 5.75 Å². The minimum Gasteiger partial charge on any atom is -0.479 e. The van der Waals surface area contributed by atoms with Crippen molar-refractivity contribution >= 4 is 39.2 Å². The number of carbonyl (C=O) groups excluding carboxylic acids is 2. The Kier molecular flexibility index (Phi) is 8.23. The van der Waals surface area contributed by atoms with Crippen LogP contribution in [0.2, 0.25) is 5.02 Å². The normalized spacial score (nSPS) is 13.2. The van der Waals surface area contributed by atoms with Gasteiger partial charge in [-0.2, -0.15) is 0 Å². The zero-order chi connectivity index (χ0) is 29.2. The first-order chi connectivity index (χ1) is 18.7. The summed E-state index contributed by atoms with van der Waals surface area (Å²) in [4.78, 5) is 26.0. The van der Waals surface area contributed by atoms with Crippen molar-refractivity contribution in [2.45, 2.75) is 37.7 Å². The third kappa shape index (κ3) is 6.63. The summed E-state index contributed by atoms with van der Waals surface area (Å²) in [5.41, 5.74) is -1.24. The van der Waals surface area contributed by atoms with Crippen molar-refractivity contribution in [2.24, 2.45) is 0 Å². The zero-order valence-corrected chi connectivity index (χ0v) is 23.4. The van der Waals surface area contributed by atoms with E-state index in [1.807, 2.05) is 0 Å². The van der Waals surface area contributed by atoms with Gasteiger partial charge >= 0.3 is 5.97 Å². The van der Waals surface area contributed by atoms with E-state index in [9.17, 15) is 26.8 Å². The second-order valence-corrected chi connectivity index (χ2v) is 12.0. The van der Waals surface area contributed by atoms with Gasteiger partial charge in [-0.25, -0.2) is 22.0 Å². The van der Waals surface area contributed by atoms with Crippen molar-refractivity contribution in [3.05, 3.63) is 76.8 Å². The van der Waals surface area contributed by atoms with E-state index in [4.69, 9.17) is 21.1 Å². The largest absolute Gasteiger partial charge is 0.479 e.